The maximum absolute atomic E-state index is 13.9. The molecule has 0 atom stereocenters. The minimum Gasteiger partial charge on any atom is -0.434 e. The molecule has 1 aromatic carbocycles. The summed E-state index contributed by atoms with van der Waals surface area (Å²) in [6.07, 6.45) is 1.78. The molecule has 1 aromatic heterocycles. The summed E-state index contributed by atoms with van der Waals surface area (Å²) >= 11 is 1.55. The molecule has 0 aliphatic rings. The highest BCUT2D eigenvalue weighted by molar-refractivity contribution is 7.11. The van der Waals surface area contributed by atoms with E-state index in [-0.39, 0.29) is 17.9 Å². The Labute approximate surface area is 148 Å². The highest BCUT2D eigenvalue weighted by Crippen LogP contribution is 2.24. The number of guanidine groups is 1. The summed E-state index contributed by atoms with van der Waals surface area (Å²) in [6.45, 7) is 1.75. The third kappa shape index (κ3) is 5.93. The van der Waals surface area contributed by atoms with E-state index >= 15 is 0 Å². The van der Waals surface area contributed by atoms with E-state index in [0.717, 1.165) is 9.88 Å². The van der Waals surface area contributed by atoms with Crippen LogP contribution < -0.4 is 15.4 Å². The number of nitrogens with one attached hydrogen (secondary N) is 2. The van der Waals surface area contributed by atoms with Gasteiger partial charge in [-0.2, -0.15) is 8.78 Å². The number of aromatic nitrogens is 1. The third-order valence-electron chi connectivity index (χ3n) is 3.11. The Hall–Kier alpha value is -2.29. The fraction of sp³-hybridized carbons (Fsp3) is 0.375. The van der Waals surface area contributed by atoms with Crippen LogP contribution in [0.4, 0.5) is 13.2 Å². The molecule has 0 bridgehead atoms. The molecular weight excluding hydrogens is 353 g/mol. The third-order valence-corrected chi connectivity index (χ3v) is 4.02. The van der Waals surface area contributed by atoms with Crippen LogP contribution in [0.1, 0.15) is 22.4 Å². The fourth-order valence-electron chi connectivity index (χ4n) is 2.04. The number of hydrogen-bond acceptors (Lipinski definition) is 4. The van der Waals surface area contributed by atoms with Gasteiger partial charge in [-0.1, -0.05) is 6.07 Å². The van der Waals surface area contributed by atoms with Crippen molar-refractivity contribution >= 4 is 17.3 Å². The molecule has 0 unspecified atom stereocenters. The second-order valence-electron chi connectivity index (χ2n) is 5.01. The maximum atomic E-state index is 13.9. The van der Waals surface area contributed by atoms with Crippen LogP contribution in [0.2, 0.25) is 0 Å². The minimum atomic E-state index is -3.02. The largest absolute Gasteiger partial charge is 0.434 e. The minimum absolute atomic E-state index is 0.0231. The van der Waals surface area contributed by atoms with Gasteiger partial charge in [-0.3, -0.25) is 0 Å². The zero-order valence-electron chi connectivity index (χ0n) is 13.9. The molecule has 2 N–H and O–H groups in total. The number of aliphatic imine (C=N–C) groups is 1. The molecule has 0 fully saturated rings. The molecule has 0 aliphatic heterocycles. The molecule has 0 saturated heterocycles. The first-order chi connectivity index (χ1) is 12.0. The average Bonchev–Trinajstić information content (AvgIpc) is 2.97. The second kappa shape index (κ2) is 9.26. The molecule has 9 heteroatoms. The standard InChI is InChI=1S/C16H19F3N4OS/c1-3-20-16(23-9-14-21-7-10(2)25-14)22-8-11-12(17)5-4-6-13(11)24-15(18)19/h4-7,15H,3,8-9H2,1-2H3,(H2,20,22,23). The van der Waals surface area contributed by atoms with Gasteiger partial charge in [0.2, 0.25) is 0 Å². The summed E-state index contributed by atoms with van der Waals surface area (Å²) in [7, 11) is 0. The van der Waals surface area contributed by atoms with Gasteiger partial charge in [0.15, 0.2) is 5.96 Å². The van der Waals surface area contributed by atoms with Crippen molar-refractivity contribution in [1.82, 2.24) is 15.6 Å². The number of rotatable bonds is 7. The van der Waals surface area contributed by atoms with Gasteiger partial charge in [-0.15, -0.1) is 11.3 Å². The highest BCUT2D eigenvalue weighted by atomic mass is 32.1. The second-order valence-corrected chi connectivity index (χ2v) is 6.33. The number of hydrogen-bond donors (Lipinski definition) is 2. The predicted octanol–water partition coefficient (Wildman–Crippen LogP) is 3.45. The van der Waals surface area contributed by atoms with E-state index in [0.29, 0.717) is 19.0 Å². The number of alkyl halides is 2. The monoisotopic (exact) mass is 372 g/mol. The zero-order chi connectivity index (χ0) is 18.2. The first-order valence-corrected chi connectivity index (χ1v) is 8.47. The van der Waals surface area contributed by atoms with Gasteiger partial charge in [0.25, 0.3) is 0 Å². The van der Waals surface area contributed by atoms with E-state index in [9.17, 15) is 13.2 Å². The summed E-state index contributed by atoms with van der Waals surface area (Å²) in [5.41, 5.74) is -0.0231. The van der Waals surface area contributed by atoms with Gasteiger partial charge in [0, 0.05) is 17.6 Å². The van der Waals surface area contributed by atoms with Crippen LogP contribution in [-0.4, -0.2) is 24.1 Å². The van der Waals surface area contributed by atoms with E-state index in [1.54, 1.807) is 17.5 Å². The van der Waals surface area contributed by atoms with Crippen LogP contribution >= 0.6 is 11.3 Å². The Kier molecular flexibility index (Phi) is 7.05. The van der Waals surface area contributed by atoms with E-state index in [1.165, 1.54) is 18.2 Å². The van der Waals surface area contributed by atoms with Gasteiger partial charge in [-0.05, 0) is 26.0 Å². The highest BCUT2D eigenvalue weighted by Gasteiger charge is 2.13. The van der Waals surface area contributed by atoms with Crippen molar-refractivity contribution in [3.8, 4) is 5.75 Å². The average molecular weight is 372 g/mol. The maximum Gasteiger partial charge on any atom is 0.387 e. The van der Waals surface area contributed by atoms with Gasteiger partial charge >= 0.3 is 6.61 Å². The van der Waals surface area contributed by atoms with E-state index in [2.05, 4.69) is 25.3 Å². The summed E-state index contributed by atoms with van der Waals surface area (Å²) in [4.78, 5) is 9.57. The summed E-state index contributed by atoms with van der Waals surface area (Å²) in [5, 5.41) is 6.97. The van der Waals surface area contributed by atoms with Crippen LogP contribution in [0, 0.1) is 12.7 Å². The number of thiazole rings is 1. The Morgan fingerprint density at radius 2 is 2.16 bits per heavy atom. The van der Waals surface area contributed by atoms with Crippen LogP contribution in [-0.2, 0) is 13.1 Å². The first-order valence-electron chi connectivity index (χ1n) is 7.65. The van der Waals surface area contributed by atoms with E-state index < -0.39 is 12.4 Å². The van der Waals surface area contributed by atoms with Gasteiger partial charge in [0.1, 0.15) is 16.6 Å². The smallest absolute Gasteiger partial charge is 0.387 e. The van der Waals surface area contributed by atoms with Crippen molar-refractivity contribution in [2.45, 2.75) is 33.5 Å². The predicted molar refractivity (Wildman–Crippen MR) is 91.5 cm³/mol. The first kappa shape index (κ1) is 19.0. The van der Waals surface area contributed by atoms with Crippen molar-refractivity contribution in [3.05, 3.63) is 45.7 Å². The normalized spacial score (nSPS) is 11.7. The lowest BCUT2D eigenvalue weighted by Gasteiger charge is -2.12. The molecule has 0 spiro atoms. The molecule has 1 heterocycles. The summed E-state index contributed by atoms with van der Waals surface area (Å²) < 4.78 is 43.2. The summed E-state index contributed by atoms with van der Waals surface area (Å²) in [5.74, 6) is -0.431. The Morgan fingerprint density at radius 1 is 1.36 bits per heavy atom. The van der Waals surface area contributed by atoms with Crippen molar-refractivity contribution < 1.29 is 17.9 Å². The Morgan fingerprint density at radius 3 is 2.80 bits per heavy atom. The lowest BCUT2D eigenvalue weighted by atomic mass is 10.2. The van der Waals surface area contributed by atoms with Gasteiger partial charge < -0.3 is 15.4 Å². The molecule has 0 aliphatic carbocycles. The van der Waals surface area contributed by atoms with E-state index in [1.807, 2.05) is 13.8 Å². The quantitative estimate of drug-likeness (QED) is 0.577. The van der Waals surface area contributed by atoms with Gasteiger partial charge in [0.05, 0.1) is 18.7 Å². The molecular formula is C16H19F3N4OS. The molecule has 2 rings (SSSR count). The summed E-state index contributed by atoms with van der Waals surface area (Å²) in [6, 6.07) is 3.79. The molecule has 0 amide bonds. The SMILES string of the molecule is CCNC(=NCc1c(F)cccc1OC(F)F)NCc1ncc(C)s1. The molecule has 0 radical (unpaired) electrons. The molecule has 5 nitrogen and oxygen atoms in total. The van der Waals surface area contributed by atoms with E-state index in [4.69, 9.17) is 0 Å². The molecule has 2 aromatic rings. The van der Waals surface area contributed by atoms with Crippen LogP contribution in [0.3, 0.4) is 0 Å². The zero-order valence-corrected chi connectivity index (χ0v) is 14.7. The van der Waals surface area contributed by atoms with Crippen LogP contribution in [0.15, 0.2) is 29.4 Å². The number of aryl methyl sites for hydroxylation is 1. The van der Waals surface area contributed by atoms with Crippen LogP contribution in [0.5, 0.6) is 5.75 Å². The van der Waals surface area contributed by atoms with Crippen molar-refractivity contribution in [2.24, 2.45) is 4.99 Å². The molecule has 136 valence electrons. The van der Waals surface area contributed by atoms with Crippen molar-refractivity contribution in [1.29, 1.82) is 0 Å². The molecule has 25 heavy (non-hydrogen) atoms. The Balaban J connectivity index is 2.10. The lowest BCUT2D eigenvalue weighted by Crippen LogP contribution is -2.36. The molecule has 0 saturated carbocycles. The van der Waals surface area contributed by atoms with Gasteiger partial charge in [-0.25, -0.2) is 14.4 Å². The van der Waals surface area contributed by atoms with Crippen molar-refractivity contribution in [3.63, 3.8) is 0 Å². The van der Waals surface area contributed by atoms with Crippen LogP contribution in [0.25, 0.3) is 0 Å². The number of nitrogens with zero attached hydrogens (tertiary/aromatic N) is 2. The number of ether oxygens (including phenoxy) is 1. The fourth-order valence-corrected chi connectivity index (χ4v) is 2.77. The number of halogens is 3. The topological polar surface area (TPSA) is 58.5 Å². The number of benzene rings is 1. The van der Waals surface area contributed by atoms with Crippen molar-refractivity contribution in [2.75, 3.05) is 6.54 Å². The lowest BCUT2D eigenvalue weighted by molar-refractivity contribution is -0.0506. The Bertz CT molecular complexity index is 721.